The molecule has 0 N–H and O–H groups in total. The molecule has 0 radical (unpaired) electrons. The molecule has 0 aliphatic rings. The molecule has 0 bridgehead atoms. The van der Waals surface area contributed by atoms with Crippen LogP contribution in [0.5, 0.6) is 5.75 Å². The highest BCUT2D eigenvalue weighted by Gasteiger charge is 2.10. The van der Waals surface area contributed by atoms with E-state index in [0.29, 0.717) is 0 Å². The zero-order valence-electron chi connectivity index (χ0n) is 11.8. The summed E-state index contributed by atoms with van der Waals surface area (Å²) in [4.78, 5) is 0. The van der Waals surface area contributed by atoms with Gasteiger partial charge in [0.15, 0.2) is 12.7 Å². The molecule has 0 saturated heterocycles. The van der Waals surface area contributed by atoms with Gasteiger partial charge in [0.2, 0.25) is 5.52 Å². The summed E-state index contributed by atoms with van der Waals surface area (Å²) in [5.41, 5.74) is 3.80. The van der Waals surface area contributed by atoms with Gasteiger partial charge in [-0.25, -0.2) is 0 Å². The van der Waals surface area contributed by atoms with Crippen molar-refractivity contribution in [2.24, 2.45) is 0 Å². The van der Waals surface area contributed by atoms with Gasteiger partial charge in [-0.05, 0) is 43.3 Å². The lowest BCUT2D eigenvalue weighted by Gasteiger charge is -2.04. The molecule has 0 amide bonds. The lowest BCUT2D eigenvalue weighted by Crippen LogP contribution is -2.35. The fourth-order valence-electron chi connectivity index (χ4n) is 2.53. The number of fused-ring (bicyclic) bond motifs is 1. The molecule has 0 atom stereocenters. The second kappa shape index (κ2) is 5.33. The topological polar surface area (TPSA) is 13.1 Å². The van der Waals surface area contributed by atoms with Gasteiger partial charge in [-0.15, -0.1) is 0 Å². The van der Waals surface area contributed by atoms with Crippen LogP contribution in [0.1, 0.15) is 11.1 Å². The first kappa shape index (κ1) is 12.7. The molecule has 2 heteroatoms. The van der Waals surface area contributed by atoms with Crippen molar-refractivity contribution in [3.63, 3.8) is 0 Å². The summed E-state index contributed by atoms with van der Waals surface area (Å²) >= 11 is 0. The summed E-state index contributed by atoms with van der Waals surface area (Å²) in [6, 6.07) is 19.0. The summed E-state index contributed by atoms with van der Waals surface area (Å²) in [7, 11) is 1.69. The second-order valence-corrected chi connectivity index (χ2v) is 5.05. The van der Waals surface area contributed by atoms with E-state index in [0.717, 1.165) is 12.3 Å². The maximum Gasteiger partial charge on any atom is 0.212 e. The molecule has 2 nitrogen and oxygen atoms in total. The van der Waals surface area contributed by atoms with Crippen LogP contribution in [0.25, 0.3) is 10.9 Å². The summed E-state index contributed by atoms with van der Waals surface area (Å²) in [6.45, 7) is 3.00. The first-order valence-corrected chi connectivity index (χ1v) is 6.78. The Labute approximate surface area is 119 Å². The Bertz CT molecular complexity index is 732. The molecule has 0 spiro atoms. The van der Waals surface area contributed by atoms with Gasteiger partial charge in [0.1, 0.15) is 5.75 Å². The molecule has 0 saturated carbocycles. The Hall–Kier alpha value is -2.35. The third-order valence-corrected chi connectivity index (χ3v) is 3.50. The molecule has 0 aliphatic carbocycles. The Kier molecular flexibility index (Phi) is 3.38. The first-order valence-electron chi connectivity index (χ1n) is 6.78. The maximum absolute atomic E-state index is 5.20. The molecule has 3 rings (SSSR count). The lowest BCUT2D eigenvalue weighted by atomic mass is 10.1. The summed E-state index contributed by atoms with van der Waals surface area (Å²) in [5, 5.41) is 1.28. The van der Waals surface area contributed by atoms with Crippen LogP contribution in [-0.4, -0.2) is 7.11 Å². The lowest BCUT2D eigenvalue weighted by molar-refractivity contribution is -0.662. The molecule has 1 aromatic heterocycles. The highest BCUT2D eigenvalue weighted by atomic mass is 16.5. The van der Waals surface area contributed by atoms with Crippen molar-refractivity contribution >= 4 is 10.9 Å². The van der Waals surface area contributed by atoms with E-state index in [2.05, 4.69) is 60.2 Å². The molecular formula is C18H18NO+. The van der Waals surface area contributed by atoms with Crippen LogP contribution in [0.15, 0.2) is 60.8 Å². The van der Waals surface area contributed by atoms with E-state index >= 15 is 0 Å². The number of aryl methyl sites for hydroxylation is 1. The van der Waals surface area contributed by atoms with E-state index in [9.17, 15) is 0 Å². The minimum absolute atomic E-state index is 0.867. The predicted octanol–water partition coefficient (Wildman–Crippen LogP) is 3.49. The summed E-state index contributed by atoms with van der Waals surface area (Å²) < 4.78 is 7.50. The van der Waals surface area contributed by atoms with Crippen molar-refractivity contribution < 1.29 is 9.30 Å². The van der Waals surface area contributed by atoms with Crippen molar-refractivity contribution in [2.75, 3.05) is 7.11 Å². The fraction of sp³-hybridized carbons (Fsp3) is 0.167. The molecule has 3 aromatic rings. The first-order chi connectivity index (χ1) is 9.76. The van der Waals surface area contributed by atoms with Crippen LogP contribution in [0.3, 0.4) is 0 Å². The smallest absolute Gasteiger partial charge is 0.212 e. The van der Waals surface area contributed by atoms with Gasteiger partial charge < -0.3 is 4.74 Å². The van der Waals surface area contributed by atoms with Crippen molar-refractivity contribution in [1.82, 2.24) is 0 Å². The average Bonchev–Trinajstić information content (AvgIpc) is 2.48. The van der Waals surface area contributed by atoms with Crippen molar-refractivity contribution in [1.29, 1.82) is 0 Å². The number of pyridine rings is 1. The minimum atomic E-state index is 0.867. The number of aromatic nitrogens is 1. The highest BCUT2D eigenvalue weighted by molar-refractivity contribution is 5.75. The van der Waals surface area contributed by atoms with Crippen LogP contribution in [0.2, 0.25) is 0 Å². The van der Waals surface area contributed by atoms with E-state index in [4.69, 9.17) is 4.74 Å². The van der Waals surface area contributed by atoms with E-state index < -0.39 is 0 Å². The fourth-order valence-corrected chi connectivity index (χ4v) is 2.53. The third-order valence-electron chi connectivity index (χ3n) is 3.50. The number of hydrogen-bond donors (Lipinski definition) is 0. The number of rotatable bonds is 3. The van der Waals surface area contributed by atoms with Gasteiger partial charge in [0.25, 0.3) is 0 Å². The van der Waals surface area contributed by atoms with Crippen molar-refractivity contribution in [3.8, 4) is 5.75 Å². The van der Waals surface area contributed by atoms with E-state index in [1.165, 1.54) is 22.0 Å². The van der Waals surface area contributed by atoms with Crippen LogP contribution in [0.4, 0.5) is 0 Å². The van der Waals surface area contributed by atoms with Crippen LogP contribution in [-0.2, 0) is 6.54 Å². The number of para-hydroxylation sites is 1. The molecule has 0 unspecified atom stereocenters. The van der Waals surface area contributed by atoms with Gasteiger partial charge in [-0.3, -0.25) is 0 Å². The Balaban J connectivity index is 2.01. The van der Waals surface area contributed by atoms with Gasteiger partial charge in [-0.1, -0.05) is 12.1 Å². The summed E-state index contributed by atoms with van der Waals surface area (Å²) in [6.07, 6.45) is 2.20. The number of benzene rings is 2. The van der Waals surface area contributed by atoms with Crippen molar-refractivity contribution in [3.05, 3.63) is 71.9 Å². The minimum Gasteiger partial charge on any atom is -0.497 e. The van der Waals surface area contributed by atoms with Crippen LogP contribution >= 0.6 is 0 Å². The normalized spacial score (nSPS) is 10.7. The highest BCUT2D eigenvalue weighted by Crippen LogP contribution is 2.14. The Morgan fingerprint density at radius 2 is 1.75 bits per heavy atom. The quantitative estimate of drug-likeness (QED) is 0.660. The van der Waals surface area contributed by atoms with E-state index in [1.807, 2.05) is 12.1 Å². The zero-order valence-corrected chi connectivity index (χ0v) is 11.8. The molecular weight excluding hydrogens is 246 g/mol. The maximum atomic E-state index is 5.20. The number of nitrogens with zero attached hydrogens (tertiary/aromatic N) is 1. The molecule has 2 aromatic carbocycles. The van der Waals surface area contributed by atoms with Crippen molar-refractivity contribution in [2.45, 2.75) is 13.5 Å². The molecule has 1 heterocycles. The number of ether oxygens (including phenoxy) is 1. The SMILES string of the molecule is COc1ccc(C[n+]2cc(C)cc3ccccc32)cc1. The van der Waals surface area contributed by atoms with Gasteiger partial charge in [0, 0.05) is 22.6 Å². The predicted molar refractivity (Wildman–Crippen MR) is 81.0 cm³/mol. The van der Waals surface area contributed by atoms with Crippen LogP contribution in [0, 0.1) is 6.92 Å². The second-order valence-electron chi connectivity index (χ2n) is 5.05. The average molecular weight is 264 g/mol. The monoisotopic (exact) mass is 264 g/mol. The molecule has 100 valence electrons. The third kappa shape index (κ3) is 2.50. The van der Waals surface area contributed by atoms with Gasteiger partial charge in [0.05, 0.1) is 7.11 Å². The number of hydrogen-bond acceptors (Lipinski definition) is 1. The standard InChI is InChI=1S/C18H18NO/c1-14-11-16-5-3-4-6-18(16)19(12-14)13-15-7-9-17(20-2)10-8-15/h3-12H,13H2,1-2H3/q+1. The summed E-state index contributed by atoms with van der Waals surface area (Å²) in [5.74, 6) is 0.896. The van der Waals surface area contributed by atoms with Gasteiger partial charge >= 0.3 is 0 Å². The van der Waals surface area contributed by atoms with E-state index in [-0.39, 0.29) is 0 Å². The zero-order chi connectivity index (χ0) is 13.9. The Morgan fingerprint density at radius 3 is 2.50 bits per heavy atom. The number of methoxy groups -OCH3 is 1. The molecule has 0 aliphatic heterocycles. The van der Waals surface area contributed by atoms with Gasteiger partial charge in [-0.2, -0.15) is 4.57 Å². The molecule has 0 fully saturated rings. The Morgan fingerprint density at radius 1 is 1.00 bits per heavy atom. The van der Waals surface area contributed by atoms with Crippen LogP contribution < -0.4 is 9.30 Å². The van der Waals surface area contributed by atoms with E-state index in [1.54, 1.807) is 7.11 Å². The molecule has 20 heavy (non-hydrogen) atoms. The largest absolute Gasteiger partial charge is 0.497 e.